The van der Waals surface area contributed by atoms with Crippen LogP contribution in [0, 0.1) is 0 Å². The average Bonchev–Trinajstić information content (AvgIpc) is 2.45. The molecule has 0 bridgehead atoms. The van der Waals surface area contributed by atoms with E-state index in [9.17, 15) is 9.59 Å². The molecule has 0 saturated carbocycles. The molecule has 0 aliphatic carbocycles. The number of nitrogens with one attached hydrogen (secondary N) is 1. The molecule has 0 saturated heterocycles. The molecule has 0 aromatic heterocycles. The summed E-state index contributed by atoms with van der Waals surface area (Å²) in [6, 6.07) is -0.798. The van der Waals surface area contributed by atoms with Gasteiger partial charge >= 0.3 is 5.97 Å². The highest BCUT2D eigenvalue weighted by molar-refractivity contribution is 5.87. The first kappa shape index (κ1) is 19.6. The van der Waals surface area contributed by atoms with Crippen LogP contribution >= 0.6 is 0 Å². The van der Waals surface area contributed by atoms with Gasteiger partial charge < -0.3 is 16.2 Å². The molecule has 0 fully saturated rings. The highest BCUT2D eigenvalue weighted by atomic mass is 16.4. The number of carboxylic acid groups (broad SMARTS) is 1. The summed E-state index contributed by atoms with van der Waals surface area (Å²) >= 11 is 0. The molecular formula is C16H30N2O3. The lowest BCUT2D eigenvalue weighted by atomic mass is 10.1. The van der Waals surface area contributed by atoms with E-state index >= 15 is 0 Å². The predicted octanol–water partition coefficient (Wildman–Crippen LogP) is 2.60. The number of rotatable bonds is 13. The number of carbonyl (C=O) groups is 2. The lowest BCUT2D eigenvalue weighted by molar-refractivity contribution is -0.138. The van der Waals surface area contributed by atoms with Crippen molar-refractivity contribution in [3.63, 3.8) is 0 Å². The van der Waals surface area contributed by atoms with E-state index in [4.69, 9.17) is 10.8 Å². The van der Waals surface area contributed by atoms with Crippen LogP contribution in [0.1, 0.15) is 64.7 Å². The number of amides is 1. The molecule has 0 aromatic carbocycles. The number of carboxylic acids is 1. The van der Waals surface area contributed by atoms with E-state index in [1.807, 2.05) is 6.08 Å². The molecule has 0 rings (SSSR count). The summed E-state index contributed by atoms with van der Waals surface area (Å²) in [7, 11) is 0. The summed E-state index contributed by atoms with van der Waals surface area (Å²) < 4.78 is 0. The zero-order chi connectivity index (χ0) is 15.9. The molecule has 0 spiro atoms. The van der Waals surface area contributed by atoms with Crippen molar-refractivity contribution in [2.45, 2.75) is 70.8 Å². The van der Waals surface area contributed by atoms with Crippen molar-refractivity contribution in [3.8, 4) is 0 Å². The Balaban J connectivity index is 3.43. The van der Waals surface area contributed by atoms with Gasteiger partial charge in [0.25, 0.3) is 0 Å². The van der Waals surface area contributed by atoms with Gasteiger partial charge in [-0.25, -0.2) is 0 Å². The molecule has 21 heavy (non-hydrogen) atoms. The van der Waals surface area contributed by atoms with E-state index in [1.54, 1.807) is 6.08 Å². The van der Waals surface area contributed by atoms with Gasteiger partial charge in [-0.1, -0.05) is 38.7 Å². The van der Waals surface area contributed by atoms with Crippen LogP contribution in [0.5, 0.6) is 0 Å². The second-order valence-electron chi connectivity index (χ2n) is 5.34. The summed E-state index contributed by atoms with van der Waals surface area (Å²) in [6.45, 7) is 2.76. The van der Waals surface area contributed by atoms with Crippen LogP contribution in [0.25, 0.3) is 0 Å². The van der Waals surface area contributed by atoms with E-state index in [-0.39, 0.29) is 5.91 Å². The first-order chi connectivity index (χ1) is 10.1. The van der Waals surface area contributed by atoms with Crippen molar-refractivity contribution < 1.29 is 14.7 Å². The van der Waals surface area contributed by atoms with Gasteiger partial charge in [-0.3, -0.25) is 9.59 Å². The van der Waals surface area contributed by atoms with Crippen LogP contribution in [0.4, 0.5) is 0 Å². The molecule has 1 atom stereocenters. The fourth-order valence-electron chi connectivity index (χ4n) is 1.94. The zero-order valence-corrected chi connectivity index (χ0v) is 13.1. The quantitative estimate of drug-likeness (QED) is 0.360. The molecule has 0 aliphatic heterocycles. The van der Waals surface area contributed by atoms with Gasteiger partial charge in [0.1, 0.15) is 6.04 Å². The Hall–Kier alpha value is -1.36. The topological polar surface area (TPSA) is 92.4 Å². The van der Waals surface area contributed by atoms with Gasteiger partial charge in [0.15, 0.2) is 0 Å². The fourth-order valence-corrected chi connectivity index (χ4v) is 1.94. The largest absolute Gasteiger partial charge is 0.480 e. The summed E-state index contributed by atoms with van der Waals surface area (Å²) in [5, 5.41) is 11.4. The molecular weight excluding hydrogens is 268 g/mol. The number of allylic oxidation sites excluding steroid dienone is 1. The first-order valence-electron chi connectivity index (χ1n) is 8.00. The van der Waals surface area contributed by atoms with Crippen LogP contribution in [-0.4, -0.2) is 29.6 Å². The van der Waals surface area contributed by atoms with Crippen molar-refractivity contribution in [2.75, 3.05) is 6.54 Å². The van der Waals surface area contributed by atoms with Gasteiger partial charge in [0.05, 0.1) is 0 Å². The number of carbonyl (C=O) groups excluding carboxylic acids is 1. The van der Waals surface area contributed by atoms with Gasteiger partial charge in [-0.15, -0.1) is 0 Å². The second kappa shape index (κ2) is 13.6. The maximum atomic E-state index is 11.5. The minimum Gasteiger partial charge on any atom is -0.480 e. The minimum absolute atomic E-state index is 0.0777. The molecule has 0 heterocycles. The second-order valence-corrected chi connectivity index (χ2v) is 5.34. The Morgan fingerprint density at radius 1 is 1.14 bits per heavy atom. The molecule has 1 amide bonds. The molecule has 0 aromatic rings. The van der Waals surface area contributed by atoms with E-state index in [2.05, 4.69) is 12.2 Å². The standard InChI is InChI=1S/C16H30N2O3/c1-2-3-4-5-6-7-8-12-15(19)18-13-10-9-11-14(17)16(20)21/h8,12,14H,2-7,9-11,13,17H2,1H3,(H,18,19)(H,20,21)/b12-8+/t14-/m0/s1. The minimum atomic E-state index is -0.971. The zero-order valence-electron chi connectivity index (χ0n) is 13.1. The summed E-state index contributed by atoms with van der Waals surface area (Å²) in [6.07, 6.45) is 12.5. The average molecular weight is 298 g/mol. The molecule has 5 heteroatoms. The SMILES string of the molecule is CCCCCCC/C=C/C(=O)NCCCC[C@H](N)C(=O)O. The smallest absolute Gasteiger partial charge is 0.320 e. The van der Waals surface area contributed by atoms with Gasteiger partial charge in [-0.05, 0) is 38.2 Å². The molecule has 0 unspecified atom stereocenters. The maximum Gasteiger partial charge on any atom is 0.320 e. The summed E-state index contributed by atoms with van der Waals surface area (Å²) in [5.41, 5.74) is 5.38. The monoisotopic (exact) mass is 298 g/mol. The molecule has 5 nitrogen and oxygen atoms in total. The van der Waals surface area contributed by atoms with Crippen molar-refractivity contribution >= 4 is 11.9 Å². The lowest BCUT2D eigenvalue weighted by Gasteiger charge is -2.06. The lowest BCUT2D eigenvalue weighted by Crippen LogP contribution is -2.30. The Morgan fingerprint density at radius 2 is 1.86 bits per heavy atom. The highest BCUT2D eigenvalue weighted by Crippen LogP contribution is 2.05. The van der Waals surface area contributed by atoms with Crippen LogP contribution in [0.3, 0.4) is 0 Å². The van der Waals surface area contributed by atoms with Crippen LogP contribution in [0.2, 0.25) is 0 Å². The van der Waals surface area contributed by atoms with Crippen LogP contribution in [-0.2, 0) is 9.59 Å². The number of hydrogen-bond donors (Lipinski definition) is 3. The first-order valence-corrected chi connectivity index (χ1v) is 8.00. The van der Waals surface area contributed by atoms with Crippen molar-refractivity contribution in [2.24, 2.45) is 5.73 Å². The molecule has 122 valence electrons. The van der Waals surface area contributed by atoms with Crippen molar-refractivity contribution in [3.05, 3.63) is 12.2 Å². The fraction of sp³-hybridized carbons (Fsp3) is 0.750. The summed E-state index contributed by atoms with van der Waals surface area (Å²) in [4.78, 5) is 22.0. The third-order valence-electron chi connectivity index (χ3n) is 3.30. The van der Waals surface area contributed by atoms with Crippen molar-refractivity contribution in [1.82, 2.24) is 5.32 Å². The normalized spacial score (nSPS) is 12.5. The maximum absolute atomic E-state index is 11.5. The van der Waals surface area contributed by atoms with Gasteiger partial charge in [0.2, 0.25) is 5.91 Å². The molecule has 0 radical (unpaired) electrons. The Kier molecular flexibility index (Phi) is 12.7. The summed E-state index contributed by atoms with van der Waals surface area (Å²) in [5.74, 6) is -1.05. The van der Waals surface area contributed by atoms with E-state index in [1.165, 1.54) is 25.7 Å². The molecule has 0 aliphatic rings. The molecule has 4 N–H and O–H groups in total. The highest BCUT2D eigenvalue weighted by Gasteiger charge is 2.09. The van der Waals surface area contributed by atoms with Crippen LogP contribution < -0.4 is 11.1 Å². The van der Waals surface area contributed by atoms with Gasteiger partial charge in [0, 0.05) is 6.54 Å². The Labute approximate surface area is 128 Å². The number of aliphatic carboxylic acids is 1. The Morgan fingerprint density at radius 3 is 2.52 bits per heavy atom. The Bertz CT molecular complexity index is 317. The number of nitrogens with two attached hydrogens (primary N) is 1. The van der Waals surface area contributed by atoms with Gasteiger partial charge in [-0.2, -0.15) is 0 Å². The third-order valence-corrected chi connectivity index (χ3v) is 3.30. The van der Waals surface area contributed by atoms with Crippen LogP contribution in [0.15, 0.2) is 12.2 Å². The predicted molar refractivity (Wildman–Crippen MR) is 85.0 cm³/mol. The van der Waals surface area contributed by atoms with E-state index < -0.39 is 12.0 Å². The number of unbranched alkanes of at least 4 members (excludes halogenated alkanes) is 6. The van der Waals surface area contributed by atoms with Crippen molar-refractivity contribution in [1.29, 1.82) is 0 Å². The number of hydrogen-bond acceptors (Lipinski definition) is 3. The van der Waals surface area contributed by atoms with E-state index in [0.29, 0.717) is 19.4 Å². The van der Waals surface area contributed by atoms with E-state index in [0.717, 1.165) is 19.3 Å². The third kappa shape index (κ3) is 13.4.